The summed E-state index contributed by atoms with van der Waals surface area (Å²) in [6.07, 6.45) is 3.17. The number of nitrogens with one attached hydrogen (secondary N) is 1. The van der Waals surface area contributed by atoms with E-state index < -0.39 is 0 Å². The van der Waals surface area contributed by atoms with Crippen LogP contribution in [0.3, 0.4) is 0 Å². The molecule has 2 rings (SSSR count). The van der Waals surface area contributed by atoms with E-state index >= 15 is 0 Å². The third-order valence-corrected chi connectivity index (χ3v) is 4.51. The largest absolute Gasteiger partial charge is 0.465 e. The van der Waals surface area contributed by atoms with E-state index in [1.807, 2.05) is 6.07 Å². The van der Waals surface area contributed by atoms with Gasteiger partial charge in [-0.15, -0.1) is 11.3 Å². The lowest BCUT2D eigenvalue weighted by molar-refractivity contribution is 0.0606. The van der Waals surface area contributed by atoms with E-state index in [1.54, 1.807) is 0 Å². The van der Waals surface area contributed by atoms with Crippen LogP contribution in [-0.2, 0) is 4.74 Å². The zero-order chi connectivity index (χ0) is 11.5. The Hall–Kier alpha value is -0.650. The van der Waals surface area contributed by atoms with Crippen molar-refractivity contribution in [2.75, 3.05) is 20.2 Å². The van der Waals surface area contributed by atoms with Crippen LogP contribution >= 0.6 is 27.3 Å². The molecule has 0 fully saturated rings. The lowest BCUT2D eigenvalue weighted by Crippen LogP contribution is -2.19. The Morgan fingerprint density at radius 2 is 2.44 bits per heavy atom. The van der Waals surface area contributed by atoms with Gasteiger partial charge >= 0.3 is 5.97 Å². The highest BCUT2D eigenvalue weighted by atomic mass is 79.9. The molecular weight excluding hydrogens is 290 g/mol. The van der Waals surface area contributed by atoms with Crippen LogP contribution < -0.4 is 5.32 Å². The van der Waals surface area contributed by atoms with Gasteiger partial charge in [-0.1, -0.05) is 6.08 Å². The van der Waals surface area contributed by atoms with E-state index in [9.17, 15) is 4.79 Å². The summed E-state index contributed by atoms with van der Waals surface area (Å²) >= 11 is 4.97. The number of thiophene rings is 1. The van der Waals surface area contributed by atoms with Crippen molar-refractivity contribution in [1.82, 2.24) is 5.32 Å². The molecule has 0 saturated carbocycles. The van der Waals surface area contributed by atoms with Crippen LogP contribution in [0.2, 0.25) is 0 Å². The molecule has 2 heterocycles. The van der Waals surface area contributed by atoms with Gasteiger partial charge in [0.1, 0.15) is 4.88 Å². The average Bonchev–Trinajstić information content (AvgIpc) is 2.71. The van der Waals surface area contributed by atoms with Gasteiger partial charge in [0.05, 0.1) is 7.11 Å². The van der Waals surface area contributed by atoms with Crippen molar-refractivity contribution >= 4 is 38.8 Å². The Morgan fingerprint density at radius 1 is 1.62 bits per heavy atom. The first kappa shape index (κ1) is 11.8. The molecular formula is C11H12BrNO2S. The quantitative estimate of drug-likeness (QED) is 0.854. The van der Waals surface area contributed by atoms with Gasteiger partial charge in [0.25, 0.3) is 0 Å². The van der Waals surface area contributed by atoms with Gasteiger partial charge in [-0.2, -0.15) is 0 Å². The van der Waals surface area contributed by atoms with Crippen LogP contribution in [0.5, 0.6) is 0 Å². The summed E-state index contributed by atoms with van der Waals surface area (Å²) in [5.74, 6) is -0.272. The number of methoxy groups -OCH3 is 1. The molecule has 0 spiro atoms. The minimum atomic E-state index is -0.272. The number of carbonyl (C=O) groups is 1. The van der Waals surface area contributed by atoms with Crippen LogP contribution in [0.4, 0.5) is 0 Å². The zero-order valence-electron chi connectivity index (χ0n) is 8.88. The molecule has 1 N–H and O–H groups in total. The molecule has 1 aliphatic rings. The van der Waals surface area contributed by atoms with E-state index in [0.717, 1.165) is 28.9 Å². The molecule has 5 heteroatoms. The van der Waals surface area contributed by atoms with E-state index in [0.29, 0.717) is 4.88 Å². The molecule has 86 valence electrons. The number of ether oxygens (including phenoxy) is 1. The Bertz CT molecular complexity index is 439. The van der Waals surface area contributed by atoms with Gasteiger partial charge in [0.15, 0.2) is 0 Å². The highest BCUT2D eigenvalue weighted by Crippen LogP contribution is 2.35. The predicted octanol–water partition coefficient (Wildman–Crippen LogP) is 2.67. The van der Waals surface area contributed by atoms with Crippen molar-refractivity contribution in [3.8, 4) is 0 Å². The maximum Gasteiger partial charge on any atom is 0.348 e. The topological polar surface area (TPSA) is 38.3 Å². The molecule has 1 aliphatic heterocycles. The number of halogens is 1. The van der Waals surface area contributed by atoms with Gasteiger partial charge in [0.2, 0.25) is 0 Å². The fourth-order valence-electron chi connectivity index (χ4n) is 1.62. The van der Waals surface area contributed by atoms with Gasteiger partial charge in [-0.3, -0.25) is 0 Å². The molecule has 1 aromatic rings. The summed E-state index contributed by atoms with van der Waals surface area (Å²) in [6.45, 7) is 1.89. The van der Waals surface area contributed by atoms with E-state index in [4.69, 9.17) is 4.74 Å². The first-order valence-electron chi connectivity index (χ1n) is 5.00. The zero-order valence-corrected chi connectivity index (χ0v) is 11.3. The molecule has 0 bridgehead atoms. The molecule has 0 unspecified atom stereocenters. The summed E-state index contributed by atoms with van der Waals surface area (Å²) in [6, 6.07) is 1.83. The third kappa shape index (κ3) is 2.36. The third-order valence-electron chi connectivity index (χ3n) is 2.43. The standard InChI is InChI=1S/C11H12BrNO2S/c1-15-11(14)9-6-8(12)10(16-9)7-2-4-13-5-3-7/h2,6,13H,3-5H2,1H3. The second-order valence-electron chi connectivity index (χ2n) is 3.46. The van der Waals surface area contributed by atoms with Crippen molar-refractivity contribution in [2.24, 2.45) is 0 Å². The molecule has 1 aromatic heterocycles. The molecule has 0 amide bonds. The molecule has 0 atom stereocenters. The van der Waals surface area contributed by atoms with Crippen molar-refractivity contribution in [3.63, 3.8) is 0 Å². The second-order valence-corrected chi connectivity index (χ2v) is 5.37. The summed E-state index contributed by atoms with van der Waals surface area (Å²) in [5.41, 5.74) is 1.30. The van der Waals surface area contributed by atoms with Gasteiger partial charge in [-0.05, 0) is 40.5 Å². The molecule has 0 saturated heterocycles. The lowest BCUT2D eigenvalue weighted by atomic mass is 10.1. The average molecular weight is 302 g/mol. The van der Waals surface area contributed by atoms with Crippen molar-refractivity contribution in [1.29, 1.82) is 0 Å². The number of hydrogen-bond acceptors (Lipinski definition) is 4. The monoisotopic (exact) mass is 301 g/mol. The van der Waals surface area contributed by atoms with Crippen LogP contribution in [0.15, 0.2) is 16.6 Å². The SMILES string of the molecule is COC(=O)c1cc(Br)c(C2=CCNCC2)s1. The molecule has 3 nitrogen and oxygen atoms in total. The highest BCUT2D eigenvalue weighted by molar-refractivity contribution is 9.10. The van der Waals surface area contributed by atoms with Gasteiger partial charge in [-0.25, -0.2) is 4.79 Å². The Kier molecular flexibility index (Phi) is 3.78. The summed E-state index contributed by atoms with van der Waals surface area (Å²) < 4.78 is 5.69. The number of carbonyl (C=O) groups excluding carboxylic acids is 1. The normalized spacial score (nSPS) is 15.8. The van der Waals surface area contributed by atoms with E-state index in [2.05, 4.69) is 27.3 Å². The smallest absolute Gasteiger partial charge is 0.348 e. The number of esters is 1. The summed E-state index contributed by atoms with van der Waals surface area (Å²) in [5, 5.41) is 3.27. The molecule has 0 aromatic carbocycles. The molecule has 16 heavy (non-hydrogen) atoms. The van der Waals surface area contributed by atoms with Crippen molar-refractivity contribution in [3.05, 3.63) is 26.4 Å². The summed E-state index contributed by atoms with van der Waals surface area (Å²) in [7, 11) is 1.40. The van der Waals surface area contributed by atoms with E-state index in [-0.39, 0.29) is 5.97 Å². The maximum atomic E-state index is 11.4. The van der Waals surface area contributed by atoms with Crippen LogP contribution in [-0.4, -0.2) is 26.2 Å². The van der Waals surface area contributed by atoms with Crippen LogP contribution in [0, 0.1) is 0 Å². The fraction of sp³-hybridized carbons (Fsp3) is 0.364. The Balaban J connectivity index is 2.31. The second kappa shape index (κ2) is 5.12. The highest BCUT2D eigenvalue weighted by Gasteiger charge is 2.17. The van der Waals surface area contributed by atoms with Crippen molar-refractivity contribution in [2.45, 2.75) is 6.42 Å². The predicted molar refractivity (Wildman–Crippen MR) is 68.8 cm³/mol. The van der Waals surface area contributed by atoms with Crippen LogP contribution in [0.25, 0.3) is 5.57 Å². The number of hydrogen-bond donors (Lipinski definition) is 1. The number of rotatable bonds is 2. The fourth-order valence-corrected chi connectivity index (χ4v) is 3.53. The lowest BCUT2D eigenvalue weighted by Gasteiger charge is -2.12. The van der Waals surface area contributed by atoms with Crippen molar-refractivity contribution < 1.29 is 9.53 Å². The first-order valence-corrected chi connectivity index (χ1v) is 6.61. The minimum Gasteiger partial charge on any atom is -0.465 e. The van der Waals surface area contributed by atoms with Crippen LogP contribution in [0.1, 0.15) is 21.0 Å². The Morgan fingerprint density at radius 3 is 3.06 bits per heavy atom. The van der Waals surface area contributed by atoms with Gasteiger partial charge < -0.3 is 10.1 Å². The first-order chi connectivity index (χ1) is 7.72. The summed E-state index contributed by atoms with van der Waals surface area (Å²) in [4.78, 5) is 13.2. The molecule has 0 radical (unpaired) electrons. The Labute approximate surface area is 107 Å². The van der Waals surface area contributed by atoms with E-state index in [1.165, 1.54) is 24.0 Å². The minimum absolute atomic E-state index is 0.272. The molecule has 0 aliphatic carbocycles. The maximum absolute atomic E-state index is 11.4. The van der Waals surface area contributed by atoms with Gasteiger partial charge in [0, 0.05) is 15.9 Å².